The van der Waals surface area contributed by atoms with Gasteiger partial charge in [-0.05, 0) is 30.5 Å². The summed E-state index contributed by atoms with van der Waals surface area (Å²) in [6, 6.07) is 6.32. The molecule has 0 heterocycles. The molecule has 78 valence electrons. The van der Waals surface area contributed by atoms with Gasteiger partial charge in [0.05, 0.1) is 7.11 Å². The highest BCUT2D eigenvalue weighted by molar-refractivity contribution is 5.38. The van der Waals surface area contributed by atoms with Crippen molar-refractivity contribution in [1.82, 2.24) is 5.43 Å². The van der Waals surface area contributed by atoms with Crippen molar-refractivity contribution in [2.24, 2.45) is 5.84 Å². The molecule has 1 aromatic carbocycles. The van der Waals surface area contributed by atoms with E-state index in [1.165, 1.54) is 11.1 Å². The minimum Gasteiger partial charge on any atom is -0.496 e. The van der Waals surface area contributed by atoms with Crippen molar-refractivity contribution in [1.29, 1.82) is 0 Å². The molecule has 3 N–H and O–H groups in total. The van der Waals surface area contributed by atoms with Crippen LogP contribution in [0.4, 0.5) is 0 Å². The molecule has 0 aliphatic carbocycles. The monoisotopic (exact) mass is 194 g/mol. The van der Waals surface area contributed by atoms with Gasteiger partial charge in [0.25, 0.3) is 0 Å². The number of benzene rings is 1. The lowest BCUT2D eigenvalue weighted by molar-refractivity contribution is 0.409. The average Bonchev–Trinajstić information content (AvgIpc) is 2.26. The molecule has 0 aliphatic rings. The first kappa shape index (κ1) is 11.0. The van der Waals surface area contributed by atoms with E-state index in [1.54, 1.807) is 7.11 Å². The fourth-order valence-electron chi connectivity index (χ4n) is 1.44. The topological polar surface area (TPSA) is 47.3 Å². The van der Waals surface area contributed by atoms with Gasteiger partial charge in [-0.25, -0.2) is 0 Å². The Morgan fingerprint density at radius 2 is 2.21 bits per heavy atom. The van der Waals surface area contributed by atoms with Crippen LogP contribution < -0.4 is 16.0 Å². The lowest BCUT2D eigenvalue weighted by Crippen LogP contribution is -2.25. The Bertz CT molecular complexity index is 299. The third kappa shape index (κ3) is 2.25. The van der Waals surface area contributed by atoms with Crippen LogP contribution in [0.25, 0.3) is 0 Å². The Kier molecular flexibility index (Phi) is 3.92. The Morgan fingerprint density at radius 3 is 2.71 bits per heavy atom. The molecule has 0 radical (unpaired) electrons. The van der Waals surface area contributed by atoms with Gasteiger partial charge in [0.15, 0.2) is 0 Å². The van der Waals surface area contributed by atoms with Crippen molar-refractivity contribution in [3.63, 3.8) is 0 Å². The molecule has 0 amide bonds. The van der Waals surface area contributed by atoms with Crippen LogP contribution >= 0.6 is 0 Å². The Labute approximate surface area is 85.2 Å². The molecule has 3 heteroatoms. The number of rotatable bonds is 4. The number of nitrogens with one attached hydrogen (secondary N) is 1. The maximum absolute atomic E-state index is 5.38. The highest BCUT2D eigenvalue weighted by Crippen LogP contribution is 2.23. The van der Waals surface area contributed by atoms with Gasteiger partial charge in [-0.1, -0.05) is 19.1 Å². The van der Waals surface area contributed by atoms with Gasteiger partial charge >= 0.3 is 0 Å². The molecule has 3 nitrogen and oxygen atoms in total. The number of methoxy groups -OCH3 is 1. The van der Waals surface area contributed by atoms with Gasteiger partial charge in [-0.3, -0.25) is 11.3 Å². The van der Waals surface area contributed by atoms with Crippen LogP contribution in [0.3, 0.4) is 0 Å². The highest BCUT2D eigenvalue weighted by Gasteiger charge is 2.06. The Balaban J connectivity index is 3.01. The molecule has 14 heavy (non-hydrogen) atoms. The first-order valence-electron chi connectivity index (χ1n) is 4.85. The predicted molar refractivity (Wildman–Crippen MR) is 58.1 cm³/mol. The van der Waals surface area contributed by atoms with E-state index in [-0.39, 0.29) is 6.04 Å². The van der Waals surface area contributed by atoms with Crippen molar-refractivity contribution in [3.8, 4) is 5.75 Å². The molecule has 0 saturated carbocycles. The van der Waals surface area contributed by atoms with Crippen molar-refractivity contribution in [2.75, 3.05) is 7.11 Å². The second-order valence-corrected chi connectivity index (χ2v) is 3.31. The van der Waals surface area contributed by atoms with Crippen LogP contribution in [0.1, 0.15) is 31.0 Å². The van der Waals surface area contributed by atoms with E-state index in [2.05, 4.69) is 18.4 Å². The average molecular weight is 194 g/mol. The lowest BCUT2D eigenvalue weighted by atomic mass is 10.0. The zero-order chi connectivity index (χ0) is 10.6. The van der Waals surface area contributed by atoms with E-state index in [0.29, 0.717) is 0 Å². The van der Waals surface area contributed by atoms with Gasteiger partial charge in [0.1, 0.15) is 5.75 Å². The smallest absolute Gasteiger partial charge is 0.122 e. The Hall–Kier alpha value is -1.06. The van der Waals surface area contributed by atoms with Crippen molar-refractivity contribution in [3.05, 3.63) is 29.3 Å². The molecular weight excluding hydrogens is 176 g/mol. The van der Waals surface area contributed by atoms with Gasteiger partial charge in [-0.15, -0.1) is 0 Å². The van der Waals surface area contributed by atoms with E-state index in [0.717, 1.165) is 12.2 Å². The molecule has 0 aliphatic heterocycles. The summed E-state index contributed by atoms with van der Waals surface area (Å²) in [5.74, 6) is 6.33. The molecule has 0 aromatic heterocycles. The zero-order valence-electron chi connectivity index (χ0n) is 9.00. The molecule has 1 atom stereocenters. The third-order valence-electron chi connectivity index (χ3n) is 2.44. The van der Waals surface area contributed by atoms with Crippen LogP contribution in [0, 0.1) is 0 Å². The molecule has 0 fully saturated rings. The molecule has 0 spiro atoms. The fourth-order valence-corrected chi connectivity index (χ4v) is 1.44. The maximum atomic E-state index is 5.38. The third-order valence-corrected chi connectivity index (χ3v) is 2.44. The minimum absolute atomic E-state index is 0.172. The summed E-state index contributed by atoms with van der Waals surface area (Å²) in [5, 5.41) is 0. The van der Waals surface area contributed by atoms with E-state index in [9.17, 15) is 0 Å². The highest BCUT2D eigenvalue weighted by atomic mass is 16.5. The number of hydrogen-bond acceptors (Lipinski definition) is 3. The van der Waals surface area contributed by atoms with Crippen molar-refractivity contribution in [2.45, 2.75) is 26.3 Å². The second-order valence-electron chi connectivity index (χ2n) is 3.31. The van der Waals surface area contributed by atoms with E-state index in [4.69, 9.17) is 10.6 Å². The SMILES string of the molecule is CCc1cc(C(C)NN)ccc1OC. The summed E-state index contributed by atoms with van der Waals surface area (Å²) < 4.78 is 5.25. The van der Waals surface area contributed by atoms with Gasteiger partial charge in [0, 0.05) is 6.04 Å². The summed E-state index contributed by atoms with van der Waals surface area (Å²) in [6.45, 7) is 4.14. The fraction of sp³-hybridized carbons (Fsp3) is 0.455. The first-order valence-corrected chi connectivity index (χ1v) is 4.85. The second kappa shape index (κ2) is 4.98. The minimum atomic E-state index is 0.172. The quantitative estimate of drug-likeness (QED) is 0.567. The number of aryl methyl sites for hydroxylation is 1. The molecule has 1 aromatic rings. The summed E-state index contributed by atoms with van der Waals surface area (Å²) in [5.41, 5.74) is 5.13. The molecule has 1 rings (SSSR count). The lowest BCUT2D eigenvalue weighted by Gasteiger charge is -2.13. The van der Waals surface area contributed by atoms with Crippen molar-refractivity contribution >= 4 is 0 Å². The van der Waals surface area contributed by atoms with Crippen LogP contribution in [0.15, 0.2) is 18.2 Å². The molecular formula is C11H18N2O. The summed E-state index contributed by atoms with van der Waals surface area (Å²) in [6.07, 6.45) is 0.967. The largest absolute Gasteiger partial charge is 0.496 e. The molecule has 1 unspecified atom stereocenters. The van der Waals surface area contributed by atoms with Gasteiger partial charge < -0.3 is 4.74 Å². The molecule has 0 saturated heterocycles. The van der Waals surface area contributed by atoms with E-state index < -0.39 is 0 Å². The van der Waals surface area contributed by atoms with Crippen LogP contribution in [0.2, 0.25) is 0 Å². The van der Waals surface area contributed by atoms with Crippen LogP contribution in [-0.4, -0.2) is 7.11 Å². The summed E-state index contributed by atoms with van der Waals surface area (Å²) in [7, 11) is 1.69. The first-order chi connectivity index (χ1) is 6.72. The predicted octanol–water partition coefficient (Wildman–Crippen LogP) is 1.78. The maximum Gasteiger partial charge on any atom is 0.122 e. The van der Waals surface area contributed by atoms with Gasteiger partial charge in [0.2, 0.25) is 0 Å². The van der Waals surface area contributed by atoms with E-state index >= 15 is 0 Å². The van der Waals surface area contributed by atoms with Gasteiger partial charge in [-0.2, -0.15) is 0 Å². The van der Waals surface area contributed by atoms with Crippen LogP contribution in [-0.2, 0) is 6.42 Å². The van der Waals surface area contributed by atoms with Crippen LogP contribution in [0.5, 0.6) is 5.75 Å². The van der Waals surface area contributed by atoms with E-state index in [1.807, 2.05) is 19.1 Å². The zero-order valence-corrected chi connectivity index (χ0v) is 9.00. The number of nitrogens with two attached hydrogens (primary N) is 1. The normalized spacial score (nSPS) is 12.6. The summed E-state index contributed by atoms with van der Waals surface area (Å²) in [4.78, 5) is 0. The number of ether oxygens (including phenoxy) is 1. The number of hydrazine groups is 1. The Morgan fingerprint density at radius 1 is 1.50 bits per heavy atom. The molecule has 0 bridgehead atoms. The van der Waals surface area contributed by atoms with Crippen molar-refractivity contribution < 1.29 is 4.74 Å². The summed E-state index contributed by atoms with van der Waals surface area (Å²) >= 11 is 0. The standard InChI is InChI=1S/C11H18N2O/c1-4-9-7-10(8(2)13-12)5-6-11(9)14-3/h5-8,13H,4,12H2,1-3H3. The number of hydrogen-bond donors (Lipinski definition) is 2.